The molecule has 0 saturated heterocycles. The molecule has 51 heavy (non-hydrogen) atoms. The lowest BCUT2D eigenvalue weighted by Crippen LogP contribution is -2.00. The zero-order valence-electron chi connectivity index (χ0n) is 27.4. The first-order chi connectivity index (χ1) is 25.2. The van der Waals surface area contributed by atoms with Crippen LogP contribution in [0.15, 0.2) is 174 Å². The van der Waals surface area contributed by atoms with Crippen molar-refractivity contribution in [2.45, 2.75) is 0 Å². The summed E-state index contributed by atoms with van der Waals surface area (Å²) in [6.45, 7) is 0. The van der Waals surface area contributed by atoms with Gasteiger partial charge in [-0.2, -0.15) is 0 Å². The molecule has 3 heterocycles. The van der Waals surface area contributed by atoms with Gasteiger partial charge in [-0.25, -0.2) is 15.0 Å². The van der Waals surface area contributed by atoms with E-state index in [9.17, 15) is 0 Å². The van der Waals surface area contributed by atoms with Crippen molar-refractivity contribution in [2.75, 3.05) is 0 Å². The van der Waals surface area contributed by atoms with E-state index in [4.69, 9.17) is 19.4 Å². The normalized spacial score (nSPS) is 11.5. The van der Waals surface area contributed by atoms with Gasteiger partial charge in [-0.1, -0.05) is 127 Å². The van der Waals surface area contributed by atoms with E-state index in [1.165, 1.54) is 0 Å². The fourth-order valence-electron chi connectivity index (χ4n) is 7.03. The van der Waals surface area contributed by atoms with Gasteiger partial charge in [0.2, 0.25) is 0 Å². The molecule has 0 radical (unpaired) electrons. The number of fused-ring (bicyclic) bond motifs is 6. The maximum Gasteiger partial charge on any atom is 0.164 e. The molecule has 0 N–H and O–H groups in total. The SMILES string of the molecule is c1ccc(-c2cccc(-c3nc(-c4ccccc4)nc(-c4ccc5c(-c6ccc7ccc8c9ncccc9oc8c7c6)cccc5c4)n3)c2)cc1. The number of rotatable bonds is 5. The number of aromatic nitrogens is 4. The number of pyridine rings is 1. The molecule has 10 aromatic rings. The Labute approximate surface area is 293 Å². The number of nitrogens with zero attached hydrogens (tertiary/aromatic N) is 4. The highest BCUT2D eigenvalue weighted by Gasteiger charge is 2.16. The van der Waals surface area contributed by atoms with E-state index in [0.717, 1.165) is 82.6 Å². The Kier molecular flexibility index (Phi) is 6.74. The van der Waals surface area contributed by atoms with E-state index in [1.54, 1.807) is 0 Å². The topological polar surface area (TPSA) is 64.7 Å². The number of benzene rings is 7. The van der Waals surface area contributed by atoms with Crippen LogP contribution in [-0.4, -0.2) is 19.9 Å². The second-order valence-electron chi connectivity index (χ2n) is 12.7. The fourth-order valence-corrected chi connectivity index (χ4v) is 7.03. The highest BCUT2D eigenvalue weighted by molar-refractivity contribution is 6.14. The zero-order chi connectivity index (χ0) is 33.7. The predicted molar refractivity (Wildman–Crippen MR) is 207 cm³/mol. The quantitative estimate of drug-likeness (QED) is 0.185. The van der Waals surface area contributed by atoms with Crippen LogP contribution < -0.4 is 0 Å². The summed E-state index contributed by atoms with van der Waals surface area (Å²) in [5, 5.41) is 5.47. The van der Waals surface area contributed by atoms with Gasteiger partial charge in [-0.3, -0.25) is 4.98 Å². The minimum Gasteiger partial charge on any atom is -0.454 e. The van der Waals surface area contributed by atoms with Gasteiger partial charge in [-0.05, 0) is 74.8 Å². The minimum atomic E-state index is 0.628. The van der Waals surface area contributed by atoms with Crippen molar-refractivity contribution in [3.63, 3.8) is 0 Å². The van der Waals surface area contributed by atoms with Gasteiger partial charge in [0, 0.05) is 33.7 Å². The highest BCUT2D eigenvalue weighted by atomic mass is 16.3. The van der Waals surface area contributed by atoms with Crippen molar-refractivity contribution in [2.24, 2.45) is 0 Å². The average molecular weight is 653 g/mol. The summed E-state index contributed by atoms with van der Waals surface area (Å²) in [5.41, 5.74) is 9.87. The van der Waals surface area contributed by atoms with E-state index >= 15 is 0 Å². The minimum absolute atomic E-state index is 0.628. The summed E-state index contributed by atoms with van der Waals surface area (Å²) < 4.78 is 6.34. The Bertz CT molecular complexity index is 2920. The Morgan fingerprint density at radius 1 is 0.373 bits per heavy atom. The molecule has 0 fully saturated rings. The first kappa shape index (κ1) is 29.0. The Balaban J connectivity index is 1.09. The molecule has 238 valence electrons. The second kappa shape index (κ2) is 11.9. The van der Waals surface area contributed by atoms with Crippen molar-refractivity contribution < 1.29 is 4.42 Å². The molecular formula is C46H28N4O. The molecule has 0 atom stereocenters. The molecule has 0 spiro atoms. The highest BCUT2D eigenvalue weighted by Crippen LogP contribution is 2.38. The number of hydrogen-bond acceptors (Lipinski definition) is 5. The van der Waals surface area contributed by atoms with E-state index in [1.807, 2.05) is 54.7 Å². The summed E-state index contributed by atoms with van der Waals surface area (Å²) in [4.78, 5) is 19.6. The molecule has 5 heteroatoms. The molecule has 0 aliphatic heterocycles. The van der Waals surface area contributed by atoms with Crippen LogP contribution in [0.2, 0.25) is 0 Å². The zero-order valence-corrected chi connectivity index (χ0v) is 27.4. The molecule has 10 rings (SSSR count). The first-order valence-corrected chi connectivity index (χ1v) is 17.0. The van der Waals surface area contributed by atoms with E-state index < -0.39 is 0 Å². The predicted octanol–water partition coefficient (Wildman–Crippen LogP) is 11.8. The molecule has 0 aliphatic carbocycles. The lowest BCUT2D eigenvalue weighted by atomic mass is 9.95. The summed E-state index contributed by atoms with van der Waals surface area (Å²) in [7, 11) is 0. The van der Waals surface area contributed by atoms with Crippen LogP contribution in [0, 0.1) is 0 Å². The maximum atomic E-state index is 6.34. The largest absolute Gasteiger partial charge is 0.454 e. The third-order valence-electron chi connectivity index (χ3n) is 9.55. The average Bonchev–Trinajstić information content (AvgIpc) is 3.60. The van der Waals surface area contributed by atoms with Crippen molar-refractivity contribution >= 4 is 43.6 Å². The Morgan fingerprint density at radius 3 is 1.84 bits per heavy atom. The second-order valence-corrected chi connectivity index (χ2v) is 12.7. The molecule has 0 aliphatic rings. The standard InChI is InChI=1S/C46H28N4O/c1-3-10-29(11-4-1)32-14-7-16-35(26-32)45-48-44(31-12-5-2-6-13-31)49-46(50-45)36-22-23-38-33(27-36)15-8-17-37(38)34-20-19-30-21-24-39-42-41(18-9-25-47-42)51-43(39)40(30)28-34/h1-28H. The number of hydrogen-bond donors (Lipinski definition) is 0. The lowest BCUT2D eigenvalue weighted by Gasteiger charge is -2.12. The van der Waals surface area contributed by atoms with Crippen LogP contribution in [-0.2, 0) is 0 Å². The van der Waals surface area contributed by atoms with Crippen LogP contribution in [0.25, 0.3) is 100 Å². The van der Waals surface area contributed by atoms with Gasteiger partial charge >= 0.3 is 0 Å². The van der Waals surface area contributed by atoms with Gasteiger partial charge in [0.15, 0.2) is 23.1 Å². The molecule has 0 saturated carbocycles. The fraction of sp³-hybridized carbons (Fsp3) is 0. The molecule has 5 nitrogen and oxygen atoms in total. The van der Waals surface area contributed by atoms with Crippen LogP contribution in [0.5, 0.6) is 0 Å². The lowest BCUT2D eigenvalue weighted by molar-refractivity contribution is 0.672. The van der Waals surface area contributed by atoms with Crippen molar-refractivity contribution in [1.29, 1.82) is 0 Å². The monoisotopic (exact) mass is 652 g/mol. The molecular weight excluding hydrogens is 625 g/mol. The van der Waals surface area contributed by atoms with Gasteiger partial charge in [0.1, 0.15) is 11.1 Å². The van der Waals surface area contributed by atoms with Crippen LogP contribution in [0.1, 0.15) is 0 Å². The number of furan rings is 1. The first-order valence-electron chi connectivity index (χ1n) is 17.0. The molecule has 7 aromatic carbocycles. The summed E-state index contributed by atoms with van der Waals surface area (Å²) in [6, 6.07) is 56.5. The van der Waals surface area contributed by atoms with Crippen molar-refractivity contribution in [3.8, 4) is 56.4 Å². The molecule has 0 amide bonds. The van der Waals surface area contributed by atoms with Crippen molar-refractivity contribution in [1.82, 2.24) is 19.9 Å². The van der Waals surface area contributed by atoms with Gasteiger partial charge < -0.3 is 4.42 Å². The van der Waals surface area contributed by atoms with Crippen LogP contribution in [0.3, 0.4) is 0 Å². The third kappa shape index (κ3) is 5.11. The smallest absolute Gasteiger partial charge is 0.164 e. The summed E-state index contributed by atoms with van der Waals surface area (Å²) in [6.07, 6.45) is 1.81. The van der Waals surface area contributed by atoms with Gasteiger partial charge in [0.05, 0.1) is 0 Å². The maximum absolute atomic E-state index is 6.34. The van der Waals surface area contributed by atoms with E-state index in [-0.39, 0.29) is 0 Å². The molecule has 0 unspecified atom stereocenters. The Hall–Kier alpha value is -6.98. The summed E-state index contributed by atoms with van der Waals surface area (Å²) in [5.74, 6) is 1.90. The molecule has 3 aromatic heterocycles. The van der Waals surface area contributed by atoms with E-state index in [0.29, 0.717) is 17.5 Å². The van der Waals surface area contributed by atoms with Crippen molar-refractivity contribution in [3.05, 3.63) is 170 Å². The van der Waals surface area contributed by atoms with Gasteiger partial charge in [-0.15, -0.1) is 0 Å². The van der Waals surface area contributed by atoms with Crippen LogP contribution in [0.4, 0.5) is 0 Å². The van der Waals surface area contributed by atoms with Crippen LogP contribution >= 0.6 is 0 Å². The Morgan fingerprint density at radius 2 is 1.02 bits per heavy atom. The molecule has 0 bridgehead atoms. The third-order valence-corrected chi connectivity index (χ3v) is 9.55. The summed E-state index contributed by atoms with van der Waals surface area (Å²) >= 11 is 0. The van der Waals surface area contributed by atoms with E-state index in [2.05, 4.69) is 120 Å². The van der Waals surface area contributed by atoms with Gasteiger partial charge in [0.25, 0.3) is 0 Å².